The van der Waals surface area contributed by atoms with Crippen LogP contribution in [0.15, 0.2) is 28.3 Å². The number of unbranched alkanes of at least 4 members (excludes halogenated alkanes) is 30. The Labute approximate surface area is 496 Å². The molecular weight excluding hydrogens is 1050 g/mol. The largest absolute Gasteiger partial charge is 0.493 e. The minimum Gasteiger partial charge on any atom is -0.493 e. The van der Waals surface area contributed by atoms with Crippen molar-refractivity contribution in [1.82, 2.24) is 0 Å². The lowest BCUT2D eigenvalue weighted by atomic mass is 10.0. The summed E-state index contributed by atoms with van der Waals surface area (Å²) in [6.07, 6.45) is 45.4. The Morgan fingerprint density at radius 1 is 0.407 bits per heavy atom. The number of hydrogen-bond donors (Lipinski definition) is 1. The highest BCUT2D eigenvalue weighted by atomic mass is 31.2. The number of benzene rings is 1. The number of nitrogens with two attached hydrogens (primary N) is 1. The van der Waals surface area contributed by atoms with Crippen molar-refractivity contribution >= 4 is 19.3 Å². The molecule has 0 saturated carbocycles. The predicted molar refractivity (Wildman–Crippen MR) is 337 cm³/mol. The number of nitrogens with zero attached hydrogens (tertiary/aromatic N) is 2. The first-order valence-electron chi connectivity index (χ1n) is 32.9. The van der Waals surface area contributed by atoms with Crippen LogP contribution < -0.4 is 15.3 Å². The zero-order chi connectivity index (χ0) is 58.3. The SMILES string of the molecule is CCCCCCCCCCCCCCCCCCOc1cc(CN=CC(COCCOCCOCCOCCOCCOCCOCCOCCP(C)(=O)OCC)=NN)cc(OCCCCCCCCCCCCCCCCCC)c1. The quantitative estimate of drug-likeness (QED) is 0.0215. The predicted octanol–water partition coefficient (Wildman–Crippen LogP) is 15.9. The van der Waals surface area contributed by atoms with Gasteiger partial charge in [-0.25, -0.2) is 0 Å². The molecule has 16 heteroatoms. The number of hydrazone groups is 1. The molecule has 0 aliphatic heterocycles. The van der Waals surface area contributed by atoms with Gasteiger partial charge in [-0.3, -0.25) is 9.56 Å². The summed E-state index contributed by atoms with van der Waals surface area (Å²) in [5.41, 5.74) is 1.57. The summed E-state index contributed by atoms with van der Waals surface area (Å²) in [6.45, 7) is 17.4. The van der Waals surface area contributed by atoms with E-state index in [0.717, 1.165) is 29.9 Å². The van der Waals surface area contributed by atoms with E-state index in [4.69, 9.17) is 57.7 Å². The highest BCUT2D eigenvalue weighted by Crippen LogP contribution is 2.41. The molecular formula is C65H124N3O12P. The molecule has 0 heterocycles. The van der Waals surface area contributed by atoms with Crippen LogP contribution in [0.3, 0.4) is 0 Å². The molecule has 0 aliphatic carbocycles. The Hall–Kier alpha value is -2.17. The molecule has 0 bridgehead atoms. The van der Waals surface area contributed by atoms with Gasteiger partial charge in [-0.2, -0.15) is 5.10 Å². The molecule has 1 aromatic rings. The summed E-state index contributed by atoms with van der Waals surface area (Å²) in [5.74, 6) is 7.38. The van der Waals surface area contributed by atoms with Crippen molar-refractivity contribution in [3.63, 3.8) is 0 Å². The lowest BCUT2D eigenvalue weighted by Crippen LogP contribution is -2.17. The number of aliphatic imine (C=N–C) groups is 1. The fourth-order valence-electron chi connectivity index (χ4n) is 9.22. The Morgan fingerprint density at radius 3 is 1.01 bits per heavy atom. The Balaban J connectivity index is 2.26. The zero-order valence-corrected chi connectivity index (χ0v) is 53.5. The van der Waals surface area contributed by atoms with E-state index < -0.39 is 7.37 Å². The molecule has 0 aromatic heterocycles. The van der Waals surface area contributed by atoms with E-state index in [2.05, 4.69) is 36.1 Å². The molecule has 1 aromatic carbocycles. The van der Waals surface area contributed by atoms with E-state index in [0.29, 0.717) is 137 Å². The number of hydrogen-bond acceptors (Lipinski definition) is 15. The van der Waals surface area contributed by atoms with Crippen LogP contribution in [-0.4, -0.2) is 150 Å². The van der Waals surface area contributed by atoms with E-state index in [1.807, 2.05) is 13.0 Å². The number of rotatable bonds is 67. The van der Waals surface area contributed by atoms with Crippen LogP contribution in [0.1, 0.15) is 232 Å². The first-order chi connectivity index (χ1) is 39.9. The molecule has 15 nitrogen and oxygen atoms in total. The molecule has 0 spiro atoms. The summed E-state index contributed by atoms with van der Waals surface area (Å²) >= 11 is 0. The van der Waals surface area contributed by atoms with E-state index in [-0.39, 0.29) is 6.61 Å². The molecule has 1 rings (SSSR count). The van der Waals surface area contributed by atoms with Crippen LogP contribution in [0.5, 0.6) is 11.5 Å². The van der Waals surface area contributed by atoms with Gasteiger partial charge in [0.2, 0.25) is 7.37 Å². The molecule has 81 heavy (non-hydrogen) atoms. The highest BCUT2D eigenvalue weighted by Gasteiger charge is 2.14. The van der Waals surface area contributed by atoms with E-state index in [1.165, 1.54) is 193 Å². The maximum Gasteiger partial charge on any atom is 0.202 e. The Bertz CT molecular complexity index is 1500. The van der Waals surface area contributed by atoms with Crippen LogP contribution in [0.4, 0.5) is 0 Å². The summed E-state index contributed by atoms with van der Waals surface area (Å²) in [4.78, 5) is 4.67. The molecule has 2 N–H and O–H groups in total. The van der Waals surface area contributed by atoms with Gasteiger partial charge in [-0.15, -0.1) is 0 Å². The van der Waals surface area contributed by atoms with Gasteiger partial charge < -0.3 is 57.7 Å². The van der Waals surface area contributed by atoms with Crippen molar-refractivity contribution < 1.29 is 56.5 Å². The van der Waals surface area contributed by atoms with Crippen molar-refractivity contribution in [2.45, 2.75) is 233 Å². The van der Waals surface area contributed by atoms with Gasteiger partial charge in [-0.05, 0) is 37.5 Å². The summed E-state index contributed by atoms with van der Waals surface area (Å²) in [7, 11) is -2.54. The average molecular weight is 1170 g/mol. The van der Waals surface area contributed by atoms with Crippen LogP contribution in [0.25, 0.3) is 0 Å². The maximum atomic E-state index is 12.0. The van der Waals surface area contributed by atoms with E-state index in [9.17, 15) is 4.57 Å². The smallest absolute Gasteiger partial charge is 0.202 e. The van der Waals surface area contributed by atoms with Gasteiger partial charge in [0, 0.05) is 25.1 Å². The standard InChI is InChI=1S/C65H124N3O12P/c1-5-8-10-12-14-16-18-20-22-24-26-28-30-32-34-36-38-78-64-56-62(57-65(58-64)79-39-37-35-33-31-29-27-25-23-21-19-17-15-13-11-9-6-2)59-67-60-63(68-66)61-77-53-52-75-49-48-73-45-44-71-41-40-70-42-43-72-46-47-74-50-51-76-54-55-81(4,69)80-7-3/h56-58,60H,5-55,59,61,66H2,1-4H3. The summed E-state index contributed by atoms with van der Waals surface area (Å²) in [6, 6.07) is 6.19. The zero-order valence-electron chi connectivity index (χ0n) is 52.6. The molecule has 1 atom stereocenters. The van der Waals surface area contributed by atoms with E-state index in [1.54, 1.807) is 12.9 Å². The lowest BCUT2D eigenvalue weighted by molar-refractivity contribution is -0.0221. The highest BCUT2D eigenvalue weighted by molar-refractivity contribution is 7.58. The second-order valence-corrected chi connectivity index (χ2v) is 24.4. The monoisotopic (exact) mass is 1170 g/mol. The van der Waals surface area contributed by atoms with Gasteiger partial charge in [-0.1, -0.05) is 206 Å². The topological polar surface area (TPSA) is 169 Å². The lowest BCUT2D eigenvalue weighted by Gasteiger charge is -2.12. The van der Waals surface area contributed by atoms with Crippen molar-refractivity contribution in [2.75, 3.05) is 138 Å². The molecule has 0 saturated heterocycles. The van der Waals surface area contributed by atoms with Crippen LogP contribution in [0.2, 0.25) is 0 Å². The molecule has 0 fully saturated rings. The first-order valence-corrected chi connectivity index (χ1v) is 35.2. The average Bonchev–Trinajstić information content (AvgIpc) is 3.46. The third-order valence-corrected chi connectivity index (χ3v) is 15.9. The summed E-state index contributed by atoms with van der Waals surface area (Å²) in [5, 5.41) is 3.90. The molecule has 0 radical (unpaired) electrons. The fraction of sp³-hybridized carbons (Fsp3) is 0.877. The van der Waals surface area contributed by atoms with Crippen molar-refractivity contribution in [3.05, 3.63) is 23.8 Å². The van der Waals surface area contributed by atoms with Crippen LogP contribution in [-0.2, 0) is 53.5 Å². The van der Waals surface area contributed by atoms with Gasteiger partial charge in [0.15, 0.2) is 0 Å². The Morgan fingerprint density at radius 2 is 0.704 bits per heavy atom. The maximum absolute atomic E-state index is 12.0. The van der Waals surface area contributed by atoms with E-state index >= 15 is 0 Å². The van der Waals surface area contributed by atoms with Gasteiger partial charge in [0.25, 0.3) is 0 Å². The van der Waals surface area contributed by atoms with Crippen LogP contribution >= 0.6 is 7.37 Å². The minimum atomic E-state index is -2.54. The van der Waals surface area contributed by atoms with Crippen molar-refractivity contribution in [3.8, 4) is 11.5 Å². The second-order valence-electron chi connectivity index (χ2n) is 21.7. The van der Waals surface area contributed by atoms with Gasteiger partial charge in [0.05, 0.1) is 132 Å². The molecule has 0 amide bonds. The van der Waals surface area contributed by atoms with Gasteiger partial charge >= 0.3 is 0 Å². The molecule has 476 valence electrons. The van der Waals surface area contributed by atoms with Crippen molar-refractivity contribution in [1.29, 1.82) is 0 Å². The number of ether oxygens (including phenoxy) is 10. The first kappa shape index (κ1) is 76.8. The summed E-state index contributed by atoms with van der Waals surface area (Å²) < 4.78 is 74.5. The van der Waals surface area contributed by atoms with Crippen LogP contribution in [0, 0.1) is 0 Å². The normalized spacial score (nSPS) is 12.8. The van der Waals surface area contributed by atoms with Crippen molar-refractivity contribution in [2.24, 2.45) is 15.9 Å². The Kier molecular flexibility index (Phi) is 59.2. The minimum absolute atomic E-state index is 0.235. The fourth-order valence-corrected chi connectivity index (χ4v) is 10.4. The van der Waals surface area contributed by atoms with Gasteiger partial charge in [0.1, 0.15) is 17.2 Å². The molecule has 1 unspecified atom stereocenters. The molecule has 0 aliphatic rings. The third kappa shape index (κ3) is 56.7. The second kappa shape index (κ2) is 62.4. The third-order valence-electron chi connectivity index (χ3n) is 14.1.